The molecular formula is C8H8N4S. The van der Waals surface area contributed by atoms with Crippen LogP contribution in [0.3, 0.4) is 0 Å². The summed E-state index contributed by atoms with van der Waals surface area (Å²) in [4.78, 5) is 13.1. The molecule has 0 saturated carbocycles. The Hall–Kier alpha value is -1.49. The second-order valence-corrected chi connectivity index (χ2v) is 3.47. The van der Waals surface area contributed by atoms with Crippen LogP contribution in [-0.2, 0) is 0 Å². The van der Waals surface area contributed by atoms with Gasteiger partial charge in [-0.3, -0.25) is 4.98 Å². The standard InChI is InChI=1S/C8H8N4S/c1-5-11-2-6(8(9)12-5)7-3-10-4-13-7/h2-4H,1H3,(H2,9,11,12). The zero-order valence-corrected chi connectivity index (χ0v) is 7.88. The van der Waals surface area contributed by atoms with Crippen molar-refractivity contribution in [2.24, 2.45) is 0 Å². The summed E-state index contributed by atoms with van der Waals surface area (Å²) >= 11 is 1.52. The van der Waals surface area contributed by atoms with Crippen LogP contribution < -0.4 is 5.73 Å². The molecule has 13 heavy (non-hydrogen) atoms. The maximum Gasteiger partial charge on any atom is 0.135 e. The van der Waals surface area contributed by atoms with E-state index in [4.69, 9.17) is 5.73 Å². The van der Waals surface area contributed by atoms with Crippen LogP contribution in [0.2, 0.25) is 0 Å². The number of nitrogens with two attached hydrogens (primary N) is 1. The maximum absolute atomic E-state index is 5.74. The molecule has 0 aliphatic rings. The molecule has 0 atom stereocenters. The first-order chi connectivity index (χ1) is 6.27. The highest BCUT2D eigenvalue weighted by molar-refractivity contribution is 7.13. The minimum atomic E-state index is 0.511. The maximum atomic E-state index is 5.74. The summed E-state index contributed by atoms with van der Waals surface area (Å²) in [6.07, 6.45) is 3.49. The first-order valence-corrected chi connectivity index (χ1v) is 4.63. The fourth-order valence-electron chi connectivity index (χ4n) is 1.03. The quantitative estimate of drug-likeness (QED) is 0.743. The molecule has 2 aromatic rings. The molecule has 2 rings (SSSR count). The van der Waals surface area contributed by atoms with Crippen molar-refractivity contribution in [3.63, 3.8) is 0 Å². The van der Waals surface area contributed by atoms with E-state index in [1.54, 1.807) is 17.9 Å². The van der Waals surface area contributed by atoms with Gasteiger partial charge in [0.15, 0.2) is 0 Å². The third-order valence-corrected chi connectivity index (χ3v) is 2.44. The van der Waals surface area contributed by atoms with E-state index in [2.05, 4.69) is 15.0 Å². The zero-order valence-electron chi connectivity index (χ0n) is 7.06. The van der Waals surface area contributed by atoms with Crippen molar-refractivity contribution in [1.82, 2.24) is 15.0 Å². The molecule has 0 radical (unpaired) electrons. The number of hydrogen-bond donors (Lipinski definition) is 1. The van der Waals surface area contributed by atoms with E-state index in [9.17, 15) is 0 Å². The van der Waals surface area contributed by atoms with Gasteiger partial charge in [0, 0.05) is 12.4 Å². The van der Waals surface area contributed by atoms with Gasteiger partial charge in [-0.1, -0.05) is 0 Å². The third-order valence-electron chi connectivity index (χ3n) is 1.64. The second-order valence-electron chi connectivity index (χ2n) is 2.58. The van der Waals surface area contributed by atoms with Gasteiger partial charge in [0.25, 0.3) is 0 Å². The minimum absolute atomic E-state index is 0.511. The normalized spacial score (nSPS) is 10.2. The highest BCUT2D eigenvalue weighted by Crippen LogP contribution is 2.26. The number of nitrogens with zero attached hydrogens (tertiary/aromatic N) is 3. The Morgan fingerprint density at radius 2 is 2.23 bits per heavy atom. The monoisotopic (exact) mass is 192 g/mol. The molecule has 4 nitrogen and oxygen atoms in total. The molecule has 0 spiro atoms. The van der Waals surface area contributed by atoms with E-state index >= 15 is 0 Å². The molecule has 0 fully saturated rings. The number of nitrogen functional groups attached to an aromatic ring is 1. The fourth-order valence-corrected chi connectivity index (χ4v) is 1.67. The summed E-state index contributed by atoms with van der Waals surface area (Å²) in [7, 11) is 0. The summed E-state index contributed by atoms with van der Waals surface area (Å²) in [5.74, 6) is 1.20. The number of hydrogen-bond acceptors (Lipinski definition) is 5. The minimum Gasteiger partial charge on any atom is -0.383 e. The molecule has 2 heterocycles. The molecule has 0 aliphatic carbocycles. The third kappa shape index (κ3) is 1.50. The van der Waals surface area contributed by atoms with Crippen molar-refractivity contribution in [1.29, 1.82) is 0 Å². The topological polar surface area (TPSA) is 64.7 Å². The van der Waals surface area contributed by atoms with Crippen molar-refractivity contribution >= 4 is 17.2 Å². The van der Waals surface area contributed by atoms with E-state index < -0.39 is 0 Å². The van der Waals surface area contributed by atoms with Crippen molar-refractivity contribution in [2.75, 3.05) is 5.73 Å². The molecule has 0 aromatic carbocycles. The first-order valence-electron chi connectivity index (χ1n) is 3.75. The van der Waals surface area contributed by atoms with Crippen LogP contribution in [0.4, 0.5) is 5.82 Å². The van der Waals surface area contributed by atoms with Gasteiger partial charge in [-0.2, -0.15) is 0 Å². The Bertz CT molecular complexity index is 410. The largest absolute Gasteiger partial charge is 0.383 e. The molecule has 0 unspecified atom stereocenters. The Balaban J connectivity index is 2.53. The number of aryl methyl sites for hydroxylation is 1. The summed E-state index contributed by atoms with van der Waals surface area (Å²) in [6.45, 7) is 1.81. The highest BCUT2D eigenvalue weighted by Gasteiger charge is 2.05. The van der Waals surface area contributed by atoms with Crippen LogP contribution in [0, 0.1) is 6.92 Å². The van der Waals surface area contributed by atoms with E-state index in [1.165, 1.54) is 11.3 Å². The average Bonchev–Trinajstić information content (AvgIpc) is 2.56. The predicted molar refractivity (Wildman–Crippen MR) is 52.3 cm³/mol. The van der Waals surface area contributed by atoms with E-state index in [1.807, 2.05) is 6.92 Å². The number of anilines is 1. The van der Waals surface area contributed by atoms with Crippen LogP contribution in [0.1, 0.15) is 5.82 Å². The van der Waals surface area contributed by atoms with Crippen LogP contribution in [0.15, 0.2) is 17.9 Å². The van der Waals surface area contributed by atoms with Gasteiger partial charge in [0.1, 0.15) is 11.6 Å². The molecule has 0 aliphatic heterocycles. The highest BCUT2D eigenvalue weighted by atomic mass is 32.1. The van der Waals surface area contributed by atoms with Gasteiger partial charge >= 0.3 is 0 Å². The van der Waals surface area contributed by atoms with Gasteiger partial charge in [-0.25, -0.2) is 9.97 Å². The molecule has 0 amide bonds. The Morgan fingerprint density at radius 1 is 1.38 bits per heavy atom. The van der Waals surface area contributed by atoms with Gasteiger partial charge in [0.05, 0.1) is 16.0 Å². The van der Waals surface area contributed by atoms with Gasteiger partial charge in [-0.05, 0) is 6.92 Å². The predicted octanol–water partition coefficient (Wildman–Crippen LogP) is 1.49. The number of aromatic nitrogens is 3. The molecular weight excluding hydrogens is 184 g/mol. The SMILES string of the molecule is Cc1ncc(-c2cncs2)c(N)n1. The second kappa shape index (κ2) is 3.10. The van der Waals surface area contributed by atoms with E-state index in [-0.39, 0.29) is 0 Å². The van der Waals surface area contributed by atoms with Crippen molar-refractivity contribution in [3.8, 4) is 10.4 Å². The van der Waals surface area contributed by atoms with Crippen LogP contribution in [0.5, 0.6) is 0 Å². The summed E-state index contributed by atoms with van der Waals surface area (Å²) < 4.78 is 0. The van der Waals surface area contributed by atoms with Crippen LogP contribution in [0.25, 0.3) is 10.4 Å². The summed E-state index contributed by atoms with van der Waals surface area (Å²) in [5, 5.41) is 0. The Kier molecular flexibility index (Phi) is 1.94. The molecule has 2 N–H and O–H groups in total. The van der Waals surface area contributed by atoms with E-state index in [0.29, 0.717) is 11.6 Å². The summed E-state index contributed by atoms with van der Waals surface area (Å²) in [5.41, 5.74) is 8.35. The van der Waals surface area contributed by atoms with Crippen LogP contribution in [-0.4, -0.2) is 15.0 Å². The lowest BCUT2D eigenvalue weighted by Crippen LogP contribution is -1.97. The van der Waals surface area contributed by atoms with E-state index in [0.717, 1.165) is 10.4 Å². The molecule has 5 heteroatoms. The summed E-state index contributed by atoms with van der Waals surface area (Å²) in [6, 6.07) is 0. The fraction of sp³-hybridized carbons (Fsp3) is 0.125. The Labute approximate surface area is 79.5 Å². The molecule has 0 bridgehead atoms. The zero-order chi connectivity index (χ0) is 9.26. The van der Waals surface area contributed by atoms with Gasteiger partial charge in [0.2, 0.25) is 0 Å². The van der Waals surface area contributed by atoms with Crippen molar-refractivity contribution in [2.45, 2.75) is 6.92 Å². The Morgan fingerprint density at radius 3 is 2.85 bits per heavy atom. The van der Waals surface area contributed by atoms with Crippen LogP contribution >= 0.6 is 11.3 Å². The molecule has 0 saturated heterocycles. The number of thiazole rings is 1. The van der Waals surface area contributed by atoms with Crippen molar-refractivity contribution < 1.29 is 0 Å². The lowest BCUT2D eigenvalue weighted by Gasteiger charge is -2.00. The number of rotatable bonds is 1. The first kappa shape index (κ1) is 8.12. The van der Waals surface area contributed by atoms with Crippen molar-refractivity contribution in [3.05, 3.63) is 23.7 Å². The lowest BCUT2D eigenvalue weighted by molar-refractivity contribution is 1.06. The molecule has 2 aromatic heterocycles. The van der Waals surface area contributed by atoms with Gasteiger partial charge < -0.3 is 5.73 Å². The molecule has 66 valence electrons. The lowest BCUT2D eigenvalue weighted by atomic mass is 10.3. The smallest absolute Gasteiger partial charge is 0.135 e. The average molecular weight is 192 g/mol. The van der Waals surface area contributed by atoms with Gasteiger partial charge in [-0.15, -0.1) is 11.3 Å².